The number of rotatable bonds is 5. The second-order valence-corrected chi connectivity index (χ2v) is 5.59. The van der Waals surface area contributed by atoms with E-state index in [2.05, 4.69) is 22.2 Å². The molecule has 1 aliphatic heterocycles. The van der Waals surface area contributed by atoms with Crippen LogP contribution in [0.25, 0.3) is 0 Å². The third kappa shape index (κ3) is 5.12. The van der Waals surface area contributed by atoms with Crippen molar-refractivity contribution in [1.29, 1.82) is 0 Å². The Hall–Kier alpha value is -1.43. The number of carbonyl (C=O) groups is 1. The molecule has 1 N–H and O–H groups in total. The highest BCUT2D eigenvalue weighted by Gasteiger charge is 2.22. The molecular formula is C16H25N3O2. The second kappa shape index (κ2) is 8.12. The van der Waals surface area contributed by atoms with Crippen LogP contribution in [0, 0.1) is 0 Å². The van der Waals surface area contributed by atoms with Crippen LogP contribution in [0.4, 0.5) is 0 Å². The molecule has 0 saturated carbocycles. The van der Waals surface area contributed by atoms with Crippen molar-refractivity contribution in [2.45, 2.75) is 6.04 Å². The maximum atomic E-state index is 12.3. The summed E-state index contributed by atoms with van der Waals surface area (Å²) in [6.07, 6.45) is 0. The fourth-order valence-corrected chi connectivity index (χ4v) is 2.61. The van der Waals surface area contributed by atoms with Crippen LogP contribution in [0.2, 0.25) is 0 Å². The fraction of sp³-hybridized carbons (Fsp3) is 0.562. The van der Waals surface area contributed by atoms with Gasteiger partial charge < -0.3 is 15.0 Å². The van der Waals surface area contributed by atoms with Crippen molar-refractivity contribution in [3.05, 3.63) is 35.9 Å². The number of hydrogen-bond donors (Lipinski definition) is 1. The first kappa shape index (κ1) is 15.9. The zero-order chi connectivity index (χ0) is 15.1. The largest absolute Gasteiger partial charge is 0.383 e. The summed E-state index contributed by atoms with van der Waals surface area (Å²) in [5, 5.41) is 3.15. The van der Waals surface area contributed by atoms with Crippen molar-refractivity contribution >= 4 is 5.91 Å². The SMILES string of the molecule is COCCN1CCN(C)CC(NC(=O)c2ccccc2)C1. The minimum Gasteiger partial charge on any atom is -0.383 e. The first-order valence-corrected chi connectivity index (χ1v) is 7.45. The number of carbonyl (C=O) groups excluding carboxylic acids is 1. The van der Waals surface area contributed by atoms with Crippen LogP contribution in [-0.2, 0) is 4.74 Å². The van der Waals surface area contributed by atoms with Crippen LogP contribution in [0.5, 0.6) is 0 Å². The molecule has 0 aromatic heterocycles. The van der Waals surface area contributed by atoms with E-state index in [0.717, 1.165) is 39.3 Å². The summed E-state index contributed by atoms with van der Waals surface area (Å²) in [5.41, 5.74) is 0.716. The van der Waals surface area contributed by atoms with Crippen molar-refractivity contribution in [1.82, 2.24) is 15.1 Å². The molecule has 116 valence electrons. The monoisotopic (exact) mass is 291 g/mol. The molecule has 5 nitrogen and oxygen atoms in total. The molecule has 1 aliphatic rings. The number of ether oxygens (including phenoxy) is 1. The Labute approximate surface area is 126 Å². The number of nitrogens with zero attached hydrogens (tertiary/aromatic N) is 2. The maximum Gasteiger partial charge on any atom is 0.251 e. The predicted molar refractivity (Wildman–Crippen MR) is 83.5 cm³/mol. The van der Waals surface area contributed by atoms with Gasteiger partial charge in [-0.15, -0.1) is 0 Å². The van der Waals surface area contributed by atoms with E-state index >= 15 is 0 Å². The predicted octanol–water partition coefficient (Wildman–Crippen LogP) is 0.679. The summed E-state index contributed by atoms with van der Waals surface area (Å²) < 4.78 is 5.16. The van der Waals surface area contributed by atoms with Crippen LogP contribution in [0.3, 0.4) is 0 Å². The van der Waals surface area contributed by atoms with E-state index in [0.29, 0.717) is 5.56 Å². The summed E-state index contributed by atoms with van der Waals surface area (Å²) in [7, 11) is 3.82. The molecule has 1 aromatic carbocycles. The van der Waals surface area contributed by atoms with Crippen molar-refractivity contribution < 1.29 is 9.53 Å². The quantitative estimate of drug-likeness (QED) is 0.866. The Kier molecular flexibility index (Phi) is 6.17. The summed E-state index contributed by atoms with van der Waals surface area (Å²) in [4.78, 5) is 16.9. The van der Waals surface area contributed by atoms with Crippen LogP contribution >= 0.6 is 0 Å². The van der Waals surface area contributed by atoms with Crippen molar-refractivity contribution in [3.63, 3.8) is 0 Å². The fourth-order valence-electron chi connectivity index (χ4n) is 2.61. The van der Waals surface area contributed by atoms with E-state index in [-0.39, 0.29) is 11.9 Å². The van der Waals surface area contributed by atoms with Gasteiger partial charge in [0.15, 0.2) is 0 Å². The lowest BCUT2D eigenvalue weighted by Crippen LogP contribution is -2.46. The number of amides is 1. The van der Waals surface area contributed by atoms with E-state index < -0.39 is 0 Å². The number of methoxy groups -OCH3 is 1. The molecule has 0 bridgehead atoms. The van der Waals surface area contributed by atoms with Gasteiger partial charge in [-0.25, -0.2) is 0 Å². The molecule has 5 heteroatoms. The third-order valence-electron chi connectivity index (χ3n) is 3.79. The lowest BCUT2D eigenvalue weighted by molar-refractivity contribution is 0.0919. The van der Waals surface area contributed by atoms with Gasteiger partial charge in [0.05, 0.1) is 12.6 Å². The van der Waals surface area contributed by atoms with E-state index in [1.807, 2.05) is 30.3 Å². The topological polar surface area (TPSA) is 44.8 Å². The third-order valence-corrected chi connectivity index (χ3v) is 3.79. The highest BCUT2D eigenvalue weighted by molar-refractivity contribution is 5.94. The van der Waals surface area contributed by atoms with Gasteiger partial charge >= 0.3 is 0 Å². The number of hydrogen-bond acceptors (Lipinski definition) is 4. The van der Waals surface area contributed by atoms with E-state index in [9.17, 15) is 4.79 Å². The molecular weight excluding hydrogens is 266 g/mol. The smallest absolute Gasteiger partial charge is 0.251 e. The minimum absolute atomic E-state index is 0.00240. The van der Waals surface area contributed by atoms with Crippen LogP contribution in [-0.4, -0.2) is 75.2 Å². The first-order chi connectivity index (χ1) is 10.2. The molecule has 1 unspecified atom stereocenters. The Morgan fingerprint density at radius 1 is 1.29 bits per heavy atom. The molecule has 0 radical (unpaired) electrons. The Balaban J connectivity index is 1.94. The van der Waals surface area contributed by atoms with Gasteiger partial charge in [-0.1, -0.05) is 18.2 Å². The lowest BCUT2D eigenvalue weighted by Gasteiger charge is -2.24. The maximum absolute atomic E-state index is 12.3. The summed E-state index contributed by atoms with van der Waals surface area (Å²) in [5.74, 6) is 0.00240. The van der Waals surface area contributed by atoms with Gasteiger partial charge in [0.25, 0.3) is 5.91 Å². The van der Waals surface area contributed by atoms with Crippen LogP contribution < -0.4 is 5.32 Å². The molecule has 0 aliphatic carbocycles. The summed E-state index contributed by atoms with van der Waals surface area (Å²) in [6.45, 7) is 5.40. The first-order valence-electron chi connectivity index (χ1n) is 7.45. The van der Waals surface area contributed by atoms with Crippen LogP contribution in [0.15, 0.2) is 30.3 Å². The molecule has 0 spiro atoms. The number of likely N-dealkylation sites (N-methyl/N-ethyl adjacent to an activating group) is 1. The standard InChI is InChI=1S/C16H25N3O2/c1-18-8-9-19(10-11-21-2)13-15(12-18)17-16(20)14-6-4-3-5-7-14/h3-7,15H,8-13H2,1-2H3,(H,17,20). The van der Waals surface area contributed by atoms with Gasteiger partial charge in [-0.3, -0.25) is 9.69 Å². The molecule has 1 saturated heterocycles. The van der Waals surface area contributed by atoms with Crippen molar-refractivity contribution in [2.24, 2.45) is 0 Å². The minimum atomic E-state index is 0.00240. The average Bonchev–Trinajstić information content (AvgIpc) is 2.67. The normalized spacial score (nSPS) is 21.0. The Morgan fingerprint density at radius 2 is 2.05 bits per heavy atom. The second-order valence-electron chi connectivity index (χ2n) is 5.59. The van der Waals surface area contributed by atoms with Gasteiger partial charge in [0, 0.05) is 45.4 Å². The zero-order valence-corrected chi connectivity index (χ0v) is 12.9. The lowest BCUT2D eigenvalue weighted by atomic mass is 10.2. The number of nitrogens with one attached hydrogen (secondary N) is 1. The molecule has 1 aromatic rings. The highest BCUT2D eigenvalue weighted by atomic mass is 16.5. The summed E-state index contributed by atoms with van der Waals surface area (Å²) in [6, 6.07) is 9.53. The van der Waals surface area contributed by atoms with E-state index in [4.69, 9.17) is 4.74 Å². The van der Waals surface area contributed by atoms with Crippen molar-refractivity contribution in [3.8, 4) is 0 Å². The molecule has 2 rings (SSSR count). The van der Waals surface area contributed by atoms with E-state index in [1.165, 1.54) is 0 Å². The Morgan fingerprint density at radius 3 is 2.76 bits per heavy atom. The zero-order valence-electron chi connectivity index (χ0n) is 12.9. The number of benzene rings is 1. The van der Waals surface area contributed by atoms with Gasteiger partial charge in [-0.05, 0) is 19.2 Å². The van der Waals surface area contributed by atoms with E-state index in [1.54, 1.807) is 7.11 Å². The van der Waals surface area contributed by atoms with Gasteiger partial charge in [-0.2, -0.15) is 0 Å². The van der Waals surface area contributed by atoms with Gasteiger partial charge in [0.1, 0.15) is 0 Å². The molecule has 1 heterocycles. The highest BCUT2D eigenvalue weighted by Crippen LogP contribution is 2.05. The molecule has 1 fully saturated rings. The average molecular weight is 291 g/mol. The van der Waals surface area contributed by atoms with Gasteiger partial charge in [0.2, 0.25) is 0 Å². The van der Waals surface area contributed by atoms with Crippen LogP contribution in [0.1, 0.15) is 10.4 Å². The molecule has 1 atom stereocenters. The van der Waals surface area contributed by atoms with Crippen molar-refractivity contribution in [2.75, 3.05) is 53.5 Å². The Bertz CT molecular complexity index is 438. The summed E-state index contributed by atoms with van der Waals surface area (Å²) >= 11 is 0. The molecule has 21 heavy (non-hydrogen) atoms. The molecule has 1 amide bonds.